The highest BCUT2D eigenvalue weighted by Crippen LogP contribution is 2.28. The number of halogens is 1. The van der Waals surface area contributed by atoms with Crippen molar-refractivity contribution in [1.29, 1.82) is 0 Å². The SMILES string of the molecule is CC(=O)c1cccc(NC(=O)Cn2cc(S(=O)(=O)Cc3ccc(Cl)cc3)c3ccccc32)c1. The summed E-state index contributed by atoms with van der Waals surface area (Å²) in [6.07, 6.45) is 1.50. The third-order valence-electron chi connectivity index (χ3n) is 5.22. The van der Waals surface area contributed by atoms with Crippen LogP contribution in [0.25, 0.3) is 10.9 Å². The number of hydrogen-bond acceptors (Lipinski definition) is 4. The van der Waals surface area contributed by atoms with E-state index in [-0.39, 0.29) is 28.9 Å². The summed E-state index contributed by atoms with van der Waals surface area (Å²) in [7, 11) is -3.67. The van der Waals surface area contributed by atoms with Gasteiger partial charge >= 0.3 is 0 Å². The first-order chi connectivity index (χ1) is 15.7. The van der Waals surface area contributed by atoms with E-state index in [0.717, 1.165) is 0 Å². The van der Waals surface area contributed by atoms with Crippen molar-refractivity contribution in [1.82, 2.24) is 4.57 Å². The fourth-order valence-electron chi connectivity index (χ4n) is 3.64. The van der Waals surface area contributed by atoms with Crippen molar-refractivity contribution >= 4 is 49.7 Å². The van der Waals surface area contributed by atoms with Crippen molar-refractivity contribution in [3.8, 4) is 0 Å². The van der Waals surface area contributed by atoms with Crippen LogP contribution in [0.3, 0.4) is 0 Å². The van der Waals surface area contributed by atoms with Gasteiger partial charge in [0, 0.05) is 33.4 Å². The molecular formula is C25H21ClN2O4S. The number of nitrogens with zero attached hydrogens (tertiary/aromatic N) is 1. The van der Waals surface area contributed by atoms with Gasteiger partial charge < -0.3 is 9.88 Å². The van der Waals surface area contributed by atoms with E-state index in [1.165, 1.54) is 13.1 Å². The van der Waals surface area contributed by atoms with Crippen LogP contribution in [-0.2, 0) is 26.9 Å². The predicted octanol–water partition coefficient (Wildman–Crippen LogP) is 5.11. The Hall–Kier alpha value is -3.42. The molecule has 0 aliphatic heterocycles. The van der Waals surface area contributed by atoms with Crippen LogP contribution in [0.2, 0.25) is 5.02 Å². The second-order valence-corrected chi connectivity index (χ2v) is 10.1. The molecule has 0 fully saturated rings. The molecule has 1 heterocycles. The zero-order valence-corrected chi connectivity index (χ0v) is 19.4. The summed E-state index contributed by atoms with van der Waals surface area (Å²) >= 11 is 5.90. The summed E-state index contributed by atoms with van der Waals surface area (Å²) in [5, 5.41) is 3.86. The lowest BCUT2D eigenvalue weighted by atomic mass is 10.1. The Morgan fingerprint density at radius 1 is 0.970 bits per heavy atom. The number of carbonyl (C=O) groups is 2. The highest BCUT2D eigenvalue weighted by Gasteiger charge is 2.22. The number of hydrogen-bond donors (Lipinski definition) is 1. The maximum atomic E-state index is 13.2. The largest absolute Gasteiger partial charge is 0.337 e. The molecule has 4 rings (SSSR count). The van der Waals surface area contributed by atoms with Crippen LogP contribution in [0.4, 0.5) is 5.69 Å². The summed E-state index contributed by atoms with van der Waals surface area (Å²) < 4.78 is 28.0. The van der Waals surface area contributed by atoms with Gasteiger partial charge in [0.25, 0.3) is 0 Å². The molecule has 1 aromatic heterocycles. The van der Waals surface area contributed by atoms with Crippen LogP contribution < -0.4 is 5.32 Å². The molecule has 0 spiro atoms. The number of fused-ring (bicyclic) bond motifs is 1. The third-order valence-corrected chi connectivity index (χ3v) is 7.18. The summed E-state index contributed by atoms with van der Waals surface area (Å²) in [6, 6.07) is 20.4. The van der Waals surface area contributed by atoms with E-state index >= 15 is 0 Å². The summed E-state index contributed by atoms with van der Waals surface area (Å²) in [4.78, 5) is 24.5. The minimum Gasteiger partial charge on any atom is -0.337 e. The smallest absolute Gasteiger partial charge is 0.244 e. The molecule has 0 atom stereocenters. The number of aromatic nitrogens is 1. The fourth-order valence-corrected chi connectivity index (χ4v) is 5.35. The van der Waals surface area contributed by atoms with Gasteiger partial charge in [0.15, 0.2) is 15.6 Å². The zero-order valence-electron chi connectivity index (χ0n) is 17.8. The summed E-state index contributed by atoms with van der Waals surface area (Å²) in [5.74, 6) is -0.612. The molecule has 0 saturated heterocycles. The van der Waals surface area contributed by atoms with Crippen LogP contribution >= 0.6 is 11.6 Å². The van der Waals surface area contributed by atoms with Crippen molar-refractivity contribution in [3.63, 3.8) is 0 Å². The first-order valence-electron chi connectivity index (χ1n) is 10.2. The second kappa shape index (κ2) is 9.21. The molecule has 1 amide bonds. The minimum atomic E-state index is -3.67. The van der Waals surface area contributed by atoms with E-state index in [2.05, 4.69) is 5.32 Å². The average Bonchev–Trinajstić information content (AvgIpc) is 3.15. The van der Waals surface area contributed by atoms with Gasteiger partial charge in [0.2, 0.25) is 5.91 Å². The molecule has 1 N–H and O–H groups in total. The van der Waals surface area contributed by atoms with Gasteiger partial charge in [0.1, 0.15) is 6.54 Å². The van der Waals surface area contributed by atoms with Crippen molar-refractivity contribution in [2.24, 2.45) is 0 Å². The predicted molar refractivity (Wildman–Crippen MR) is 129 cm³/mol. The Labute approximate surface area is 196 Å². The second-order valence-electron chi connectivity index (χ2n) is 7.71. The van der Waals surface area contributed by atoms with Crippen molar-refractivity contribution in [2.45, 2.75) is 24.1 Å². The Kier molecular flexibility index (Phi) is 6.35. The lowest BCUT2D eigenvalue weighted by Gasteiger charge is -2.08. The van der Waals surface area contributed by atoms with Gasteiger partial charge in [-0.15, -0.1) is 0 Å². The zero-order chi connectivity index (χ0) is 23.6. The number of nitrogens with one attached hydrogen (secondary N) is 1. The monoisotopic (exact) mass is 480 g/mol. The third kappa shape index (κ3) is 5.16. The van der Waals surface area contributed by atoms with Crippen LogP contribution in [0.15, 0.2) is 83.9 Å². The van der Waals surface area contributed by atoms with Crippen LogP contribution in [-0.4, -0.2) is 24.7 Å². The van der Waals surface area contributed by atoms with E-state index in [0.29, 0.717) is 32.7 Å². The molecule has 0 radical (unpaired) electrons. The normalized spacial score (nSPS) is 11.5. The first kappa shape index (κ1) is 22.8. The summed E-state index contributed by atoms with van der Waals surface area (Å²) in [5.41, 5.74) is 2.26. The van der Waals surface area contributed by atoms with Crippen molar-refractivity contribution < 1.29 is 18.0 Å². The van der Waals surface area contributed by atoms with Crippen molar-refractivity contribution in [3.05, 3.63) is 95.1 Å². The fraction of sp³-hybridized carbons (Fsp3) is 0.120. The Bertz CT molecular complexity index is 1460. The molecule has 6 nitrogen and oxygen atoms in total. The Morgan fingerprint density at radius 2 is 1.70 bits per heavy atom. The number of para-hydroxylation sites is 1. The first-order valence-corrected chi connectivity index (χ1v) is 12.2. The number of carbonyl (C=O) groups excluding carboxylic acids is 2. The molecular weight excluding hydrogens is 460 g/mol. The number of ketones is 1. The van der Waals surface area contributed by atoms with Gasteiger partial charge in [-0.3, -0.25) is 9.59 Å². The standard InChI is InChI=1S/C25H21ClN2O4S/c1-17(29)19-5-4-6-21(13-19)27-25(30)15-28-14-24(22-7-2-3-8-23(22)28)33(31,32)16-18-9-11-20(26)12-10-18/h2-14H,15-16H2,1H3,(H,27,30). The van der Waals surface area contributed by atoms with Gasteiger partial charge in [-0.25, -0.2) is 8.42 Å². The minimum absolute atomic E-state index is 0.0821. The average molecular weight is 481 g/mol. The molecule has 0 saturated carbocycles. The van der Waals surface area contributed by atoms with E-state index in [1.807, 2.05) is 0 Å². The molecule has 3 aromatic carbocycles. The van der Waals surface area contributed by atoms with Crippen LogP contribution in [0.1, 0.15) is 22.8 Å². The van der Waals surface area contributed by atoms with Gasteiger partial charge in [-0.2, -0.15) is 0 Å². The highest BCUT2D eigenvalue weighted by molar-refractivity contribution is 7.90. The number of sulfone groups is 1. The molecule has 0 unspecified atom stereocenters. The Balaban J connectivity index is 1.62. The maximum absolute atomic E-state index is 13.2. The number of rotatable bonds is 7. The lowest BCUT2D eigenvalue weighted by Crippen LogP contribution is -2.18. The van der Waals surface area contributed by atoms with Crippen LogP contribution in [0.5, 0.6) is 0 Å². The highest BCUT2D eigenvalue weighted by atomic mass is 35.5. The van der Waals surface area contributed by atoms with Gasteiger partial charge in [-0.1, -0.05) is 54.1 Å². The van der Waals surface area contributed by atoms with E-state index in [4.69, 9.17) is 11.6 Å². The van der Waals surface area contributed by atoms with E-state index < -0.39 is 9.84 Å². The number of Topliss-reactive ketones (excluding diaryl/α,β-unsaturated/α-hetero) is 1. The maximum Gasteiger partial charge on any atom is 0.244 e. The molecule has 0 aliphatic carbocycles. The number of amides is 1. The lowest BCUT2D eigenvalue weighted by molar-refractivity contribution is -0.116. The van der Waals surface area contributed by atoms with E-state index in [1.54, 1.807) is 77.4 Å². The van der Waals surface area contributed by atoms with Crippen LogP contribution in [0, 0.1) is 0 Å². The molecule has 0 bridgehead atoms. The van der Waals surface area contributed by atoms with Gasteiger partial charge in [-0.05, 0) is 42.8 Å². The molecule has 168 valence electrons. The van der Waals surface area contributed by atoms with Crippen molar-refractivity contribution in [2.75, 3.05) is 5.32 Å². The number of anilines is 1. The topological polar surface area (TPSA) is 85.2 Å². The Morgan fingerprint density at radius 3 is 2.42 bits per heavy atom. The molecule has 33 heavy (non-hydrogen) atoms. The van der Waals surface area contributed by atoms with Gasteiger partial charge in [0.05, 0.1) is 10.6 Å². The van der Waals surface area contributed by atoms with E-state index in [9.17, 15) is 18.0 Å². The quantitative estimate of drug-likeness (QED) is 0.372. The number of benzene rings is 3. The molecule has 0 aliphatic rings. The molecule has 8 heteroatoms. The summed E-state index contributed by atoms with van der Waals surface area (Å²) in [6.45, 7) is 1.38. The molecule has 4 aromatic rings.